The van der Waals surface area contributed by atoms with Crippen LogP contribution in [0.15, 0.2) is 0 Å². The molecule has 2 unspecified atom stereocenters. The van der Waals surface area contributed by atoms with Crippen molar-refractivity contribution in [2.24, 2.45) is 5.92 Å². The van der Waals surface area contributed by atoms with Gasteiger partial charge in [-0.15, -0.1) is 0 Å². The summed E-state index contributed by atoms with van der Waals surface area (Å²) in [6.07, 6.45) is 4.67. The zero-order valence-corrected chi connectivity index (χ0v) is 9.53. The van der Waals surface area contributed by atoms with Crippen LogP contribution >= 0.6 is 0 Å². The first-order chi connectivity index (χ1) is 6.76. The number of methoxy groups -OCH3 is 3. The lowest BCUT2D eigenvalue weighted by Crippen LogP contribution is -2.47. The van der Waals surface area contributed by atoms with E-state index < -0.39 is 0 Å². The van der Waals surface area contributed by atoms with E-state index >= 15 is 0 Å². The number of rotatable bonds is 4. The Labute approximate surface area is 86.7 Å². The van der Waals surface area contributed by atoms with Crippen molar-refractivity contribution >= 4 is 0 Å². The topological polar surface area (TPSA) is 27.7 Å². The standard InChI is InChI=1S/C11H21O3/c1-5-8-6-9(12-2)11(14-4)10(7-8)13-3/h5,8-11H,6-7H2,1-4H3. The summed E-state index contributed by atoms with van der Waals surface area (Å²) in [7, 11) is 5.20. The van der Waals surface area contributed by atoms with Crippen molar-refractivity contribution in [1.82, 2.24) is 0 Å². The SMILES string of the molecule is C[CH]C1CC(OC)C(OC)C(OC)C1. The molecule has 3 nitrogen and oxygen atoms in total. The summed E-state index contributed by atoms with van der Waals surface area (Å²) in [5, 5.41) is 0. The van der Waals surface area contributed by atoms with Crippen LogP contribution in [-0.4, -0.2) is 39.6 Å². The summed E-state index contributed by atoms with van der Waals surface area (Å²) in [6.45, 7) is 2.09. The van der Waals surface area contributed by atoms with E-state index in [1.165, 1.54) is 0 Å². The van der Waals surface area contributed by atoms with Crippen molar-refractivity contribution in [3.63, 3.8) is 0 Å². The third kappa shape index (κ3) is 2.47. The summed E-state index contributed by atoms with van der Waals surface area (Å²) in [4.78, 5) is 0. The molecular weight excluding hydrogens is 180 g/mol. The van der Waals surface area contributed by atoms with Crippen molar-refractivity contribution < 1.29 is 14.2 Å². The van der Waals surface area contributed by atoms with Crippen LogP contribution < -0.4 is 0 Å². The first-order valence-electron chi connectivity index (χ1n) is 5.14. The summed E-state index contributed by atoms with van der Waals surface area (Å²) < 4.78 is 16.3. The van der Waals surface area contributed by atoms with E-state index in [-0.39, 0.29) is 18.3 Å². The molecule has 0 amide bonds. The average molecular weight is 201 g/mol. The predicted molar refractivity (Wildman–Crippen MR) is 55.1 cm³/mol. The van der Waals surface area contributed by atoms with Gasteiger partial charge in [0.25, 0.3) is 0 Å². The second kappa shape index (κ2) is 5.69. The Balaban J connectivity index is 2.63. The zero-order chi connectivity index (χ0) is 10.6. The fourth-order valence-corrected chi connectivity index (χ4v) is 2.24. The maximum absolute atomic E-state index is 5.43. The van der Waals surface area contributed by atoms with Crippen LogP contribution in [0.1, 0.15) is 19.8 Å². The van der Waals surface area contributed by atoms with E-state index in [2.05, 4.69) is 13.3 Å². The molecule has 0 aliphatic heterocycles. The zero-order valence-electron chi connectivity index (χ0n) is 9.53. The van der Waals surface area contributed by atoms with E-state index in [9.17, 15) is 0 Å². The number of ether oxygens (including phenoxy) is 3. The van der Waals surface area contributed by atoms with Crippen molar-refractivity contribution in [3.8, 4) is 0 Å². The lowest BCUT2D eigenvalue weighted by molar-refractivity contribution is -0.137. The Morgan fingerprint density at radius 3 is 1.71 bits per heavy atom. The maximum atomic E-state index is 5.43. The molecule has 0 spiro atoms. The van der Waals surface area contributed by atoms with E-state index in [0.29, 0.717) is 5.92 Å². The Morgan fingerprint density at radius 2 is 1.43 bits per heavy atom. The second-order valence-corrected chi connectivity index (χ2v) is 3.81. The van der Waals surface area contributed by atoms with Crippen LogP contribution in [0.25, 0.3) is 0 Å². The van der Waals surface area contributed by atoms with Crippen molar-refractivity contribution in [2.75, 3.05) is 21.3 Å². The Morgan fingerprint density at radius 1 is 0.929 bits per heavy atom. The normalized spacial score (nSPS) is 38.6. The minimum absolute atomic E-state index is 0.0706. The summed E-state index contributed by atoms with van der Waals surface area (Å²) in [6, 6.07) is 0. The highest BCUT2D eigenvalue weighted by atomic mass is 16.6. The van der Waals surface area contributed by atoms with Crippen LogP contribution in [0.3, 0.4) is 0 Å². The third-order valence-electron chi connectivity index (χ3n) is 3.15. The van der Waals surface area contributed by atoms with Gasteiger partial charge in [-0.1, -0.05) is 6.92 Å². The van der Waals surface area contributed by atoms with E-state index in [4.69, 9.17) is 14.2 Å². The minimum atomic E-state index is 0.0706. The smallest absolute Gasteiger partial charge is 0.109 e. The monoisotopic (exact) mass is 201 g/mol. The molecule has 0 aromatic rings. The molecule has 14 heavy (non-hydrogen) atoms. The molecule has 0 saturated heterocycles. The fraction of sp³-hybridized carbons (Fsp3) is 0.909. The van der Waals surface area contributed by atoms with E-state index in [0.717, 1.165) is 12.8 Å². The van der Waals surface area contributed by atoms with Gasteiger partial charge >= 0.3 is 0 Å². The van der Waals surface area contributed by atoms with Gasteiger partial charge in [-0.2, -0.15) is 0 Å². The number of hydrogen-bond donors (Lipinski definition) is 0. The lowest BCUT2D eigenvalue weighted by Gasteiger charge is -2.39. The molecule has 0 aromatic heterocycles. The molecule has 0 N–H and O–H groups in total. The quantitative estimate of drug-likeness (QED) is 0.692. The van der Waals surface area contributed by atoms with E-state index in [1.807, 2.05) is 0 Å². The van der Waals surface area contributed by atoms with Gasteiger partial charge in [0.15, 0.2) is 0 Å². The van der Waals surface area contributed by atoms with Gasteiger partial charge in [0.2, 0.25) is 0 Å². The molecule has 0 bridgehead atoms. The molecule has 1 saturated carbocycles. The third-order valence-corrected chi connectivity index (χ3v) is 3.15. The van der Waals surface area contributed by atoms with Gasteiger partial charge in [-0.3, -0.25) is 0 Å². The van der Waals surface area contributed by atoms with Crippen LogP contribution in [-0.2, 0) is 14.2 Å². The first-order valence-corrected chi connectivity index (χ1v) is 5.14. The van der Waals surface area contributed by atoms with Crippen molar-refractivity contribution in [2.45, 2.75) is 38.1 Å². The van der Waals surface area contributed by atoms with Gasteiger partial charge in [0.1, 0.15) is 6.10 Å². The van der Waals surface area contributed by atoms with E-state index in [1.54, 1.807) is 21.3 Å². The first kappa shape index (κ1) is 12.0. The lowest BCUT2D eigenvalue weighted by atomic mass is 9.81. The largest absolute Gasteiger partial charge is 0.379 e. The highest BCUT2D eigenvalue weighted by molar-refractivity contribution is 4.92. The molecule has 0 aromatic carbocycles. The molecule has 1 aliphatic carbocycles. The van der Waals surface area contributed by atoms with Crippen LogP contribution in [0.2, 0.25) is 0 Å². The highest BCUT2D eigenvalue weighted by Crippen LogP contribution is 2.31. The van der Waals surface area contributed by atoms with Crippen LogP contribution in [0, 0.1) is 12.3 Å². The molecule has 83 valence electrons. The number of hydrogen-bond acceptors (Lipinski definition) is 3. The molecule has 2 atom stereocenters. The molecule has 0 heterocycles. The van der Waals surface area contributed by atoms with Crippen LogP contribution in [0.4, 0.5) is 0 Å². The summed E-state index contributed by atoms with van der Waals surface area (Å²) >= 11 is 0. The van der Waals surface area contributed by atoms with Gasteiger partial charge in [-0.25, -0.2) is 0 Å². The molecular formula is C11H21O3. The molecule has 1 aliphatic rings. The summed E-state index contributed by atoms with van der Waals surface area (Å²) in [5.41, 5.74) is 0. The van der Waals surface area contributed by atoms with Crippen molar-refractivity contribution in [1.29, 1.82) is 0 Å². The van der Waals surface area contributed by atoms with Gasteiger partial charge < -0.3 is 14.2 Å². The van der Waals surface area contributed by atoms with Gasteiger partial charge in [0, 0.05) is 21.3 Å². The average Bonchev–Trinajstić information content (AvgIpc) is 2.26. The van der Waals surface area contributed by atoms with Crippen molar-refractivity contribution in [3.05, 3.63) is 6.42 Å². The van der Waals surface area contributed by atoms with Gasteiger partial charge in [0.05, 0.1) is 12.2 Å². The molecule has 1 rings (SSSR count). The van der Waals surface area contributed by atoms with Crippen LogP contribution in [0.5, 0.6) is 0 Å². The summed E-state index contributed by atoms with van der Waals surface area (Å²) in [5.74, 6) is 0.580. The maximum Gasteiger partial charge on any atom is 0.109 e. The predicted octanol–water partition coefficient (Wildman–Crippen LogP) is 1.67. The fourth-order valence-electron chi connectivity index (χ4n) is 2.24. The molecule has 1 radical (unpaired) electrons. The Bertz CT molecular complexity index is 147. The Kier molecular flexibility index (Phi) is 4.85. The van der Waals surface area contributed by atoms with Gasteiger partial charge in [-0.05, 0) is 25.2 Å². The molecule has 1 fully saturated rings. The molecule has 3 heteroatoms. The minimum Gasteiger partial charge on any atom is -0.379 e. The second-order valence-electron chi connectivity index (χ2n) is 3.81. The highest BCUT2D eigenvalue weighted by Gasteiger charge is 2.37. The Hall–Kier alpha value is -0.120.